The molecule has 2 aromatic rings. The van der Waals surface area contributed by atoms with Crippen LogP contribution in [0.15, 0.2) is 30.6 Å². The Morgan fingerprint density at radius 1 is 1.05 bits per heavy atom. The molecule has 0 aliphatic carbocycles. The zero-order valence-electron chi connectivity index (χ0n) is 12.3. The number of hydrogen-bond donors (Lipinski definition) is 1. The van der Waals surface area contributed by atoms with Crippen molar-refractivity contribution in [3.63, 3.8) is 0 Å². The summed E-state index contributed by atoms with van der Waals surface area (Å²) in [6.07, 6.45) is 7.70. The van der Waals surface area contributed by atoms with Gasteiger partial charge >= 0.3 is 0 Å². The molecule has 0 radical (unpaired) electrons. The molecule has 0 saturated carbocycles. The molecule has 1 unspecified atom stereocenters. The lowest BCUT2D eigenvalue weighted by atomic mass is 10.1. The van der Waals surface area contributed by atoms with Crippen molar-refractivity contribution in [3.05, 3.63) is 30.6 Å². The molecular weight excluding hydrogens is 260 g/mol. The fourth-order valence-corrected chi connectivity index (χ4v) is 3.90. The van der Waals surface area contributed by atoms with Crippen molar-refractivity contribution >= 4 is 22.1 Å². The summed E-state index contributed by atoms with van der Waals surface area (Å²) in [7, 11) is 0. The van der Waals surface area contributed by atoms with Gasteiger partial charge in [0.2, 0.25) is 0 Å². The Balaban J connectivity index is 1.74. The van der Waals surface area contributed by atoms with Crippen LogP contribution in [-0.4, -0.2) is 42.1 Å². The summed E-state index contributed by atoms with van der Waals surface area (Å²) < 4.78 is 0. The van der Waals surface area contributed by atoms with Crippen molar-refractivity contribution in [3.8, 4) is 0 Å². The van der Waals surface area contributed by atoms with Gasteiger partial charge in [-0.1, -0.05) is 0 Å². The van der Waals surface area contributed by atoms with Crippen LogP contribution in [0.3, 0.4) is 0 Å². The number of nitrogens with zero attached hydrogens (tertiary/aromatic N) is 3. The molecule has 4 nitrogen and oxygen atoms in total. The summed E-state index contributed by atoms with van der Waals surface area (Å²) in [6, 6.07) is 6.95. The Morgan fingerprint density at radius 3 is 2.90 bits per heavy atom. The molecule has 110 valence electrons. The maximum Gasteiger partial charge on any atom is 0.0463 e. The van der Waals surface area contributed by atoms with Gasteiger partial charge in [-0.15, -0.1) is 0 Å². The zero-order chi connectivity index (χ0) is 14.2. The molecule has 3 heterocycles. The van der Waals surface area contributed by atoms with E-state index in [2.05, 4.69) is 20.9 Å². The Bertz CT molecular complexity index is 654. The molecule has 0 spiro atoms. The molecule has 1 aromatic carbocycles. The Labute approximate surface area is 125 Å². The first-order valence-corrected chi connectivity index (χ1v) is 7.94. The largest absolute Gasteiger partial charge is 0.398 e. The molecule has 2 saturated heterocycles. The first kappa shape index (κ1) is 12.9. The summed E-state index contributed by atoms with van der Waals surface area (Å²) in [5.74, 6) is 0. The van der Waals surface area contributed by atoms with E-state index >= 15 is 0 Å². The number of hydrogen-bond acceptors (Lipinski definition) is 4. The fraction of sp³-hybridized carbons (Fsp3) is 0.471. The van der Waals surface area contributed by atoms with E-state index in [0.29, 0.717) is 0 Å². The SMILES string of the molecule is Nc1ccc(N2CCCN3CCCC3C2)c2cnccc12. The number of rotatable bonds is 1. The number of fused-ring (bicyclic) bond motifs is 2. The van der Waals surface area contributed by atoms with Crippen LogP contribution in [0.5, 0.6) is 0 Å². The maximum absolute atomic E-state index is 6.12. The molecule has 2 N–H and O–H groups in total. The van der Waals surface area contributed by atoms with Crippen LogP contribution in [0, 0.1) is 0 Å². The van der Waals surface area contributed by atoms with Crippen LogP contribution in [0.25, 0.3) is 10.8 Å². The normalized spacial score (nSPS) is 23.2. The van der Waals surface area contributed by atoms with E-state index in [-0.39, 0.29) is 0 Å². The second-order valence-electron chi connectivity index (χ2n) is 6.23. The predicted molar refractivity (Wildman–Crippen MR) is 87.6 cm³/mol. The van der Waals surface area contributed by atoms with Gasteiger partial charge in [-0.2, -0.15) is 0 Å². The van der Waals surface area contributed by atoms with Gasteiger partial charge in [-0.05, 0) is 44.0 Å². The van der Waals surface area contributed by atoms with Gasteiger partial charge in [-0.3, -0.25) is 9.88 Å². The van der Waals surface area contributed by atoms with Crippen LogP contribution in [0.4, 0.5) is 11.4 Å². The summed E-state index contributed by atoms with van der Waals surface area (Å²) >= 11 is 0. The molecule has 2 fully saturated rings. The van der Waals surface area contributed by atoms with Crippen molar-refractivity contribution in [2.45, 2.75) is 25.3 Å². The second-order valence-corrected chi connectivity index (χ2v) is 6.23. The topological polar surface area (TPSA) is 45.4 Å². The van der Waals surface area contributed by atoms with Crippen molar-refractivity contribution < 1.29 is 0 Å². The third-order valence-electron chi connectivity index (χ3n) is 4.97. The molecule has 0 amide bonds. The first-order valence-electron chi connectivity index (χ1n) is 7.94. The van der Waals surface area contributed by atoms with E-state index in [4.69, 9.17) is 5.73 Å². The highest BCUT2D eigenvalue weighted by Crippen LogP contribution is 2.32. The van der Waals surface area contributed by atoms with E-state index in [1.165, 1.54) is 43.4 Å². The van der Waals surface area contributed by atoms with Crippen LogP contribution < -0.4 is 10.6 Å². The molecule has 1 aromatic heterocycles. The Morgan fingerprint density at radius 2 is 1.95 bits per heavy atom. The summed E-state index contributed by atoms with van der Waals surface area (Å²) in [5, 5.41) is 2.30. The molecule has 2 aliphatic rings. The third kappa shape index (κ3) is 2.23. The number of benzene rings is 1. The zero-order valence-corrected chi connectivity index (χ0v) is 12.3. The number of nitrogens with two attached hydrogens (primary N) is 1. The molecular formula is C17H22N4. The molecule has 4 rings (SSSR count). The van der Waals surface area contributed by atoms with Crippen molar-refractivity contribution in [1.82, 2.24) is 9.88 Å². The predicted octanol–water partition coefficient (Wildman–Crippen LogP) is 2.49. The molecule has 0 bridgehead atoms. The van der Waals surface area contributed by atoms with Crippen LogP contribution in [-0.2, 0) is 0 Å². The van der Waals surface area contributed by atoms with Gasteiger partial charge < -0.3 is 10.6 Å². The molecule has 21 heavy (non-hydrogen) atoms. The Kier molecular flexibility index (Phi) is 3.19. The smallest absolute Gasteiger partial charge is 0.0463 e. The van der Waals surface area contributed by atoms with Crippen LogP contribution in [0.2, 0.25) is 0 Å². The average molecular weight is 282 g/mol. The lowest BCUT2D eigenvalue weighted by molar-refractivity contribution is 0.273. The van der Waals surface area contributed by atoms with Crippen molar-refractivity contribution in [2.75, 3.05) is 36.8 Å². The number of pyridine rings is 1. The quantitative estimate of drug-likeness (QED) is 0.816. The third-order valence-corrected chi connectivity index (χ3v) is 4.97. The molecule has 2 aliphatic heterocycles. The lowest BCUT2D eigenvalue weighted by Gasteiger charge is -2.28. The van der Waals surface area contributed by atoms with Crippen LogP contribution in [0.1, 0.15) is 19.3 Å². The highest BCUT2D eigenvalue weighted by molar-refractivity contribution is 6.00. The van der Waals surface area contributed by atoms with Gasteiger partial charge in [0.15, 0.2) is 0 Å². The molecule has 4 heteroatoms. The van der Waals surface area contributed by atoms with Gasteiger partial charge in [0.25, 0.3) is 0 Å². The van der Waals surface area contributed by atoms with Gasteiger partial charge in [-0.25, -0.2) is 0 Å². The molecule has 1 atom stereocenters. The maximum atomic E-state index is 6.12. The summed E-state index contributed by atoms with van der Waals surface area (Å²) in [5.41, 5.74) is 8.25. The fourth-order valence-electron chi connectivity index (χ4n) is 3.90. The van der Waals surface area contributed by atoms with Crippen LogP contribution >= 0.6 is 0 Å². The van der Waals surface area contributed by atoms with Gasteiger partial charge in [0.05, 0.1) is 0 Å². The first-order chi connectivity index (χ1) is 10.3. The van der Waals surface area contributed by atoms with E-state index in [1.54, 1.807) is 0 Å². The van der Waals surface area contributed by atoms with E-state index in [9.17, 15) is 0 Å². The average Bonchev–Trinajstić information content (AvgIpc) is 2.85. The number of aromatic nitrogens is 1. The van der Waals surface area contributed by atoms with E-state index < -0.39 is 0 Å². The minimum Gasteiger partial charge on any atom is -0.398 e. The Hall–Kier alpha value is -1.81. The second kappa shape index (κ2) is 5.19. The van der Waals surface area contributed by atoms with Gasteiger partial charge in [0.1, 0.15) is 0 Å². The van der Waals surface area contributed by atoms with E-state index in [0.717, 1.165) is 30.2 Å². The lowest BCUT2D eigenvalue weighted by Crippen LogP contribution is -2.36. The van der Waals surface area contributed by atoms with Gasteiger partial charge in [0, 0.05) is 60.2 Å². The highest BCUT2D eigenvalue weighted by Gasteiger charge is 2.29. The van der Waals surface area contributed by atoms with Crippen molar-refractivity contribution in [1.29, 1.82) is 0 Å². The number of nitrogen functional groups attached to an aromatic ring is 1. The number of anilines is 2. The highest BCUT2D eigenvalue weighted by atomic mass is 15.3. The van der Waals surface area contributed by atoms with E-state index in [1.807, 2.05) is 24.5 Å². The summed E-state index contributed by atoms with van der Waals surface area (Å²) in [4.78, 5) is 9.51. The minimum atomic E-state index is 0.719. The summed E-state index contributed by atoms with van der Waals surface area (Å²) in [6.45, 7) is 4.78. The minimum absolute atomic E-state index is 0.719. The monoisotopic (exact) mass is 282 g/mol. The van der Waals surface area contributed by atoms with Crippen molar-refractivity contribution in [2.24, 2.45) is 0 Å². The standard InChI is InChI=1S/C17H22N4/c18-16-4-5-17(15-11-19-7-6-14(15)16)21-10-2-9-20-8-1-3-13(20)12-21/h4-7,11,13H,1-3,8-10,12,18H2.